The number of hydrogen-bond acceptors (Lipinski definition) is 3. The van der Waals surface area contributed by atoms with Crippen LogP contribution in [0, 0.1) is 6.57 Å². The minimum Gasteiger partial charge on any atom is -0.508 e. The third-order valence-electron chi connectivity index (χ3n) is 1.46. The number of rotatable bonds is 2. The number of isocyanates is 1. The summed E-state index contributed by atoms with van der Waals surface area (Å²) in [6, 6.07) is 4.61. The molecule has 0 unspecified atom stereocenters. The van der Waals surface area contributed by atoms with Crippen LogP contribution in [0.2, 0.25) is 0 Å². The second-order valence-corrected chi connectivity index (χ2v) is 2.17. The quantitative estimate of drug-likeness (QED) is 0.392. The maximum absolute atomic E-state index is 9.94. The molecule has 4 heteroatoms. The van der Waals surface area contributed by atoms with Gasteiger partial charge in [-0.05, 0) is 12.1 Å². The molecule has 0 aromatic heterocycles. The third kappa shape index (κ3) is 1.92. The maximum Gasteiger partial charge on any atom is 0.240 e. The predicted octanol–water partition coefficient (Wildman–Crippen LogP) is 2.21. The van der Waals surface area contributed by atoms with Gasteiger partial charge in [-0.1, -0.05) is 6.07 Å². The van der Waals surface area contributed by atoms with Crippen molar-refractivity contribution in [1.82, 2.24) is 0 Å². The first-order chi connectivity index (χ1) is 6.31. The fourth-order valence-corrected chi connectivity index (χ4v) is 0.881. The summed E-state index contributed by atoms with van der Waals surface area (Å²) in [4.78, 5) is 16.6. The molecule has 0 aliphatic rings. The van der Waals surface area contributed by atoms with Gasteiger partial charge in [-0.15, -0.1) is 0 Å². The maximum atomic E-state index is 9.94. The molecule has 0 saturated heterocycles. The van der Waals surface area contributed by atoms with Gasteiger partial charge in [-0.25, -0.2) is 9.64 Å². The largest absolute Gasteiger partial charge is 0.508 e. The van der Waals surface area contributed by atoms with Gasteiger partial charge in [0.2, 0.25) is 11.8 Å². The van der Waals surface area contributed by atoms with Crippen molar-refractivity contribution in [2.45, 2.75) is 0 Å². The molecule has 0 fully saturated rings. The number of methoxy groups -OCH3 is 1. The topological polar surface area (TPSA) is 43.0 Å². The first-order valence-electron chi connectivity index (χ1n) is 3.45. The SMILES string of the molecule is [C-]#[N+]c1ccc(N=C=O)cc1OC. The van der Waals surface area contributed by atoms with Gasteiger partial charge in [0.15, 0.2) is 0 Å². The van der Waals surface area contributed by atoms with Crippen LogP contribution in [0.1, 0.15) is 0 Å². The second-order valence-electron chi connectivity index (χ2n) is 2.17. The number of carbonyl (C=O) groups excluding carboxylic acids is 1. The second kappa shape index (κ2) is 4.05. The minimum atomic E-state index is 0.396. The molecule has 0 heterocycles. The summed E-state index contributed by atoms with van der Waals surface area (Å²) in [6.45, 7) is 6.80. The monoisotopic (exact) mass is 174 g/mol. The van der Waals surface area contributed by atoms with Crippen LogP contribution in [0.3, 0.4) is 0 Å². The Morgan fingerprint density at radius 1 is 1.62 bits per heavy atom. The minimum absolute atomic E-state index is 0.396. The summed E-state index contributed by atoms with van der Waals surface area (Å²) in [7, 11) is 1.46. The van der Waals surface area contributed by atoms with Crippen LogP contribution >= 0.6 is 0 Å². The normalized spacial score (nSPS) is 8.31. The summed E-state index contributed by atoms with van der Waals surface area (Å²) >= 11 is 0. The van der Waals surface area contributed by atoms with Gasteiger partial charge < -0.3 is 4.74 Å². The zero-order valence-corrected chi connectivity index (χ0v) is 6.94. The van der Waals surface area contributed by atoms with E-state index in [1.165, 1.54) is 19.3 Å². The zero-order valence-electron chi connectivity index (χ0n) is 6.94. The van der Waals surface area contributed by atoms with Crippen molar-refractivity contribution >= 4 is 17.5 Å². The van der Waals surface area contributed by atoms with Gasteiger partial charge in [-0.3, -0.25) is 0 Å². The molecule has 0 radical (unpaired) electrons. The average molecular weight is 174 g/mol. The molecule has 0 bridgehead atoms. The van der Waals surface area contributed by atoms with Gasteiger partial charge in [0.1, 0.15) is 5.75 Å². The van der Waals surface area contributed by atoms with Crippen LogP contribution in [0.15, 0.2) is 23.2 Å². The highest BCUT2D eigenvalue weighted by molar-refractivity contribution is 5.64. The number of benzene rings is 1. The van der Waals surface area contributed by atoms with Gasteiger partial charge in [0.25, 0.3) is 0 Å². The lowest BCUT2D eigenvalue weighted by atomic mass is 10.2. The fourth-order valence-electron chi connectivity index (χ4n) is 0.881. The number of ether oxygens (including phenoxy) is 1. The van der Waals surface area contributed by atoms with Crippen LogP contribution in [-0.2, 0) is 4.79 Å². The Kier molecular flexibility index (Phi) is 2.80. The molecule has 0 amide bonds. The first kappa shape index (κ1) is 8.98. The van der Waals surface area contributed by atoms with E-state index in [9.17, 15) is 4.79 Å². The van der Waals surface area contributed by atoms with Gasteiger partial charge in [0.05, 0.1) is 19.4 Å². The van der Waals surface area contributed by atoms with Crippen molar-refractivity contribution in [2.24, 2.45) is 4.99 Å². The Bertz CT molecular complexity index is 401. The molecule has 0 aliphatic heterocycles. The number of nitrogens with zero attached hydrogens (tertiary/aromatic N) is 2. The van der Waals surface area contributed by atoms with Crippen molar-refractivity contribution in [3.63, 3.8) is 0 Å². The Hall–Kier alpha value is -2.11. The summed E-state index contributed by atoms with van der Waals surface area (Å²) < 4.78 is 4.92. The summed E-state index contributed by atoms with van der Waals surface area (Å²) in [5.74, 6) is 0.409. The van der Waals surface area contributed by atoms with Crippen LogP contribution in [0.5, 0.6) is 5.75 Å². The van der Waals surface area contributed by atoms with E-state index in [1.807, 2.05) is 0 Å². The standard InChI is InChI=1S/C9H6N2O2/c1-10-8-4-3-7(11-6-12)5-9(8)13-2/h3-5H,2H3. The Balaban J connectivity index is 3.22. The first-order valence-corrected chi connectivity index (χ1v) is 3.45. The van der Waals surface area contributed by atoms with Crippen molar-refractivity contribution < 1.29 is 9.53 Å². The van der Waals surface area contributed by atoms with Crippen LogP contribution in [0.4, 0.5) is 11.4 Å². The molecule has 0 spiro atoms. The van der Waals surface area contributed by atoms with E-state index in [4.69, 9.17) is 11.3 Å². The molecule has 1 aromatic carbocycles. The lowest BCUT2D eigenvalue weighted by Crippen LogP contribution is -1.81. The van der Waals surface area contributed by atoms with Gasteiger partial charge >= 0.3 is 0 Å². The number of hydrogen-bond donors (Lipinski definition) is 0. The molecule has 13 heavy (non-hydrogen) atoms. The van der Waals surface area contributed by atoms with Crippen LogP contribution in [-0.4, -0.2) is 13.2 Å². The van der Waals surface area contributed by atoms with Crippen LogP contribution < -0.4 is 4.74 Å². The molecule has 0 aliphatic carbocycles. The highest BCUT2D eigenvalue weighted by atomic mass is 16.5. The summed E-state index contributed by atoms with van der Waals surface area (Å²) in [5, 5.41) is 0. The molecule has 1 rings (SSSR count). The van der Waals surface area contributed by atoms with E-state index >= 15 is 0 Å². The zero-order chi connectivity index (χ0) is 9.68. The van der Waals surface area contributed by atoms with E-state index in [-0.39, 0.29) is 0 Å². The lowest BCUT2D eigenvalue weighted by molar-refractivity contribution is 0.417. The van der Waals surface area contributed by atoms with Gasteiger partial charge in [-0.2, -0.15) is 4.99 Å². The Morgan fingerprint density at radius 3 is 2.92 bits per heavy atom. The van der Waals surface area contributed by atoms with Crippen molar-refractivity contribution in [2.75, 3.05) is 7.11 Å². The molecule has 1 aromatic rings. The smallest absolute Gasteiger partial charge is 0.240 e. The number of aliphatic imine (C=N–C) groups is 1. The predicted molar refractivity (Wildman–Crippen MR) is 47.0 cm³/mol. The highest BCUT2D eigenvalue weighted by Gasteiger charge is 2.02. The third-order valence-corrected chi connectivity index (χ3v) is 1.46. The Labute approximate surface area is 75.3 Å². The van der Waals surface area contributed by atoms with E-state index < -0.39 is 0 Å². The van der Waals surface area contributed by atoms with Gasteiger partial charge in [0, 0.05) is 0 Å². The molecule has 0 saturated carbocycles. The molecule has 64 valence electrons. The van der Waals surface area contributed by atoms with Crippen molar-refractivity contribution in [3.8, 4) is 5.75 Å². The lowest BCUT2D eigenvalue weighted by Gasteiger charge is -2.01. The fraction of sp³-hybridized carbons (Fsp3) is 0.111. The van der Waals surface area contributed by atoms with E-state index in [0.29, 0.717) is 17.1 Å². The van der Waals surface area contributed by atoms with E-state index in [0.717, 1.165) is 0 Å². The van der Waals surface area contributed by atoms with E-state index in [2.05, 4.69) is 9.84 Å². The summed E-state index contributed by atoms with van der Waals surface area (Å²) in [6.07, 6.45) is 1.41. The Morgan fingerprint density at radius 2 is 2.38 bits per heavy atom. The van der Waals surface area contributed by atoms with Crippen molar-refractivity contribution in [1.29, 1.82) is 0 Å². The molecular weight excluding hydrogens is 168 g/mol. The molecular formula is C9H6N2O2. The molecule has 4 nitrogen and oxygen atoms in total. The summed E-state index contributed by atoms with van der Waals surface area (Å²) in [5.41, 5.74) is 0.826. The molecule has 0 atom stereocenters. The van der Waals surface area contributed by atoms with Crippen LogP contribution in [0.25, 0.3) is 4.85 Å². The van der Waals surface area contributed by atoms with E-state index in [1.54, 1.807) is 12.1 Å². The highest BCUT2D eigenvalue weighted by Crippen LogP contribution is 2.31. The average Bonchev–Trinajstić information content (AvgIpc) is 2.18. The van der Waals surface area contributed by atoms with Crippen molar-refractivity contribution in [3.05, 3.63) is 29.6 Å². The molecule has 0 N–H and O–H groups in total.